The van der Waals surface area contributed by atoms with Gasteiger partial charge in [0.05, 0.1) is 6.61 Å². The van der Waals surface area contributed by atoms with Crippen molar-refractivity contribution in [2.75, 3.05) is 39.0 Å². The van der Waals surface area contributed by atoms with Crippen LogP contribution in [-0.4, -0.2) is 49.1 Å². The Hall–Kier alpha value is -1.26. The summed E-state index contributed by atoms with van der Waals surface area (Å²) in [5, 5.41) is 0. The summed E-state index contributed by atoms with van der Waals surface area (Å²) in [4.78, 5) is 5.03. The Morgan fingerprint density at radius 2 is 2.10 bits per heavy atom. The van der Waals surface area contributed by atoms with Crippen LogP contribution in [0.3, 0.4) is 0 Å². The van der Waals surface area contributed by atoms with E-state index in [-0.39, 0.29) is 0 Å². The molecule has 1 unspecified atom stereocenters. The molecule has 0 radical (unpaired) electrons. The highest BCUT2D eigenvalue weighted by Gasteiger charge is 2.23. The quantitative estimate of drug-likeness (QED) is 0.847. The zero-order valence-electron chi connectivity index (χ0n) is 13.6. The van der Waals surface area contributed by atoms with Crippen molar-refractivity contribution in [2.24, 2.45) is 0 Å². The number of hydrogen-bond acceptors (Lipinski definition) is 4. The van der Waals surface area contributed by atoms with Crippen LogP contribution in [0.5, 0.6) is 5.75 Å². The topological polar surface area (TPSA) is 41.7 Å². The summed E-state index contributed by atoms with van der Waals surface area (Å²) in [5.41, 5.74) is 7.99. The smallest absolute Gasteiger partial charge is 0.123 e. The Labute approximate surface area is 128 Å². The lowest BCUT2D eigenvalue weighted by Crippen LogP contribution is -2.39. The molecule has 0 aliphatic carbocycles. The number of hydrogen-bond donors (Lipinski definition) is 1. The van der Waals surface area contributed by atoms with Gasteiger partial charge in [0.2, 0.25) is 0 Å². The van der Waals surface area contributed by atoms with Gasteiger partial charge in [-0.3, -0.25) is 4.90 Å². The molecule has 118 valence electrons. The molecule has 1 aliphatic rings. The molecule has 0 spiro atoms. The molecule has 1 aromatic carbocycles. The first kappa shape index (κ1) is 16.1. The third-order valence-electron chi connectivity index (χ3n) is 4.25. The lowest BCUT2D eigenvalue weighted by atomic mass is 10.1. The lowest BCUT2D eigenvalue weighted by molar-refractivity contribution is 0.173. The van der Waals surface area contributed by atoms with Gasteiger partial charge in [0.1, 0.15) is 5.75 Å². The van der Waals surface area contributed by atoms with Crippen molar-refractivity contribution in [3.05, 3.63) is 23.8 Å². The van der Waals surface area contributed by atoms with Crippen LogP contribution in [0.15, 0.2) is 18.2 Å². The maximum Gasteiger partial charge on any atom is 0.123 e. The average Bonchev–Trinajstić information content (AvgIpc) is 2.63. The van der Waals surface area contributed by atoms with E-state index in [0.717, 1.165) is 31.1 Å². The molecule has 2 N–H and O–H groups in total. The van der Waals surface area contributed by atoms with Crippen molar-refractivity contribution in [3.8, 4) is 5.75 Å². The molecule has 1 atom stereocenters. The molecule has 1 fully saturated rings. The fraction of sp³-hybridized carbons (Fsp3) is 0.647. The Morgan fingerprint density at radius 1 is 1.29 bits per heavy atom. The molecule has 21 heavy (non-hydrogen) atoms. The number of benzene rings is 1. The van der Waals surface area contributed by atoms with E-state index in [4.69, 9.17) is 10.5 Å². The van der Waals surface area contributed by atoms with Crippen LogP contribution in [0.25, 0.3) is 0 Å². The van der Waals surface area contributed by atoms with Gasteiger partial charge in [-0.2, -0.15) is 0 Å². The van der Waals surface area contributed by atoms with Gasteiger partial charge in [0, 0.05) is 36.9 Å². The van der Waals surface area contributed by atoms with E-state index in [1.54, 1.807) is 0 Å². The minimum atomic E-state index is 0.605. The van der Waals surface area contributed by atoms with E-state index in [1.807, 2.05) is 19.1 Å². The first-order valence-corrected chi connectivity index (χ1v) is 8.07. The monoisotopic (exact) mass is 291 g/mol. The highest BCUT2D eigenvalue weighted by molar-refractivity contribution is 5.47. The molecule has 1 heterocycles. The molecule has 4 heteroatoms. The molecule has 0 bridgehead atoms. The molecular formula is C17H29N3O. The van der Waals surface area contributed by atoms with E-state index in [1.165, 1.54) is 24.9 Å². The molecule has 1 saturated heterocycles. The maximum atomic E-state index is 5.97. The number of nitrogens with zero attached hydrogens (tertiary/aromatic N) is 2. The van der Waals surface area contributed by atoms with Gasteiger partial charge in [-0.1, -0.05) is 6.92 Å². The minimum Gasteiger partial charge on any atom is -0.494 e. The van der Waals surface area contributed by atoms with Gasteiger partial charge in [-0.25, -0.2) is 0 Å². The zero-order valence-corrected chi connectivity index (χ0v) is 13.6. The second-order valence-corrected chi connectivity index (χ2v) is 5.95. The summed E-state index contributed by atoms with van der Waals surface area (Å²) < 4.78 is 5.76. The van der Waals surface area contributed by atoms with Crippen LogP contribution >= 0.6 is 0 Å². The van der Waals surface area contributed by atoms with Crippen LogP contribution in [0.4, 0.5) is 5.69 Å². The summed E-state index contributed by atoms with van der Waals surface area (Å²) in [6.45, 7) is 9.38. The van der Waals surface area contributed by atoms with E-state index in [0.29, 0.717) is 12.6 Å². The maximum absolute atomic E-state index is 5.97. The summed E-state index contributed by atoms with van der Waals surface area (Å²) in [6, 6.07) is 6.58. The van der Waals surface area contributed by atoms with Crippen LogP contribution in [0, 0.1) is 0 Å². The summed E-state index contributed by atoms with van der Waals surface area (Å²) in [7, 11) is 2.22. The van der Waals surface area contributed by atoms with Crippen LogP contribution in [-0.2, 0) is 6.54 Å². The molecule has 4 nitrogen and oxygen atoms in total. The van der Waals surface area contributed by atoms with Crippen molar-refractivity contribution >= 4 is 5.69 Å². The summed E-state index contributed by atoms with van der Waals surface area (Å²) >= 11 is 0. The fourth-order valence-electron chi connectivity index (χ4n) is 3.13. The molecule has 1 aliphatic heterocycles. The third-order valence-corrected chi connectivity index (χ3v) is 4.25. The molecule has 0 saturated carbocycles. The van der Waals surface area contributed by atoms with Gasteiger partial charge < -0.3 is 15.4 Å². The standard InChI is InChI=1S/C17H29N3O/c1-4-16-13-19(3)9-6-10-20(16)12-14-11-15(18)7-8-17(14)21-5-2/h7-8,11,16H,4-6,9-10,12-13,18H2,1-3H3. The second kappa shape index (κ2) is 7.66. The van der Waals surface area contributed by atoms with Crippen molar-refractivity contribution in [2.45, 2.75) is 39.3 Å². The zero-order chi connectivity index (χ0) is 15.2. The molecular weight excluding hydrogens is 262 g/mol. The Morgan fingerprint density at radius 3 is 2.81 bits per heavy atom. The van der Waals surface area contributed by atoms with E-state index in [9.17, 15) is 0 Å². The SMILES string of the molecule is CCOc1ccc(N)cc1CN1CCCN(C)CC1CC. The Balaban J connectivity index is 2.16. The number of nitrogen functional groups attached to an aromatic ring is 1. The van der Waals surface area contributed by atoms with Crippen LogP contribution < -0.4 is 10.5 Å². The van der Waals surface area contributed by atoms with Crippen LogP contribution in [0.1, 0.15) is 32.3 Å². The number of nitrogens with two attached hydrogens (primary N) is 1. The molecule has 0 amide bonds. The van der Waals surface area contributed by atoms with E-state index in [2.05, 4.69) is 29.8 Å². The Bertz CT molecular complexity index is 450. The molecule has 2 rings (SSSR count). The van der Waals surface area contributed by atoms with Gasteiger partial charge >= 0.3 is 0 Å². The Kier molecular flexibility index (Phi) is 5.88. The molecule has 1 aromatic rings. The number of anilines is 1. The largest absolute Gasteiger partial charge is 0.494 e. The van der Waals surface area contributed by atoms with E-state index < -0.39 is 0 Å². The normalized spacial score (nSPS) is 21.2. The van der Waals surface area contributed by atoms with Crippen molar-refractivity contribution in [1.82, 2.24) is 9.80 Å². The predicted octanol–water partition coefficient (Wildman–Crippen LogP) is 2.58. The predicted molar refractivity (Wildman–Crippen MR) is 88.6 cm³/mol. The minimum absolute atomic E-state index is 0.605. The number of likely N-dealkylation sites (N-methyl/N-ethyl adjacent to an activating group) is 1. The van der Waals surface area contributed by atoms with Gasteiger partial charge in [-0.05, 0) is 51.6 Å². The lowest BCUT2D eigenvalue weighted by Gasteiger charge is -2.30. The van der Waals surface area contributed by atoms with Gasteiger partial charge in [0.25, 0.3) is 0 Å². The van der Waals surface area contributed by atoms with Gasteiger partial charge in [-0.15, -0.1) is 0 Å². The van der Waals surface area contributed by atoms with Crippen LogP contribution in [0.2, 0.25) is 0 Å². The van der Waals surface area contributed by atoms with Crippen molar-refractivity contribution in [3.63, 3.8) is 0 Å². The first-order chi connectivity index (χ1) is 10.1. The van der Waals surface area contributed by atoms with Crippen molar-refractivity contribution in [1.29, 1.82) is 0 Å². The van der Waals surface area contributed by atoms with Crippen molar-refractivity contribution < 1.29 is 4.74 Å². The highest BCUT2D eigenvalue weighted by atomic mass is 16.5. The van der Waals surface area contributed by atoms with Gasteiger partial charge in [0.15, 0.2) is 0 Å². The average molecular weight is 291 g/mol. The highest BCUT2D eigenvalue weighted by Crippen LogP contribution is 2.25. The molecule has 0 aromatic heterocycles. The summed E-state index contributed by atoms with van der Waals surface area (Å²) in [6.07, 6.45) is 2.40. The summed E-state index contributed by atoms with van der Waals surface area (Å²) in [5.74, 6) is 0.971. The van der Waals surface area contributed by atoms with E-state index >= 15 is 0 Å². The second-order valence-electron chi connectivity index (χ2n) is 5.95. The number of ether oxygens (including phenoxy) is 1. The fourth-order valence-corrected chi connectivity index (χ4v) is 3.13. The number of rotatable bonds is 5. The third kappa shape index (κ3) is 4.35. The first-order valence-electron chi connectivity index (χ1n) is 8.07.